The van der Waals surface area contributed by atoms with E-state index in [4.69, 9.17) is 0 Å². The fourth-order valence-corrected chi connectivity index (χ4v) is 2.69. The first-order valence-corrected chi connectivity index (χ1v) is 7.26. The van der Waals surface area contributed by atoms with Crippen LogP contribution in [0.5, 0.6) is 0 Å². The molecule has 3 nitrogen and oxygen atoms in total. The van der Waals surface area contributed by atoms with Gasteiger partial charge >= 0.3 is 0 Å². The Balaban J connectivity index is 1.85. The fraction of sp³-hybridized carbons (Fsp3) is 0.0526. The van der Waals surface area contributed by atoms with E-state index in [-0.39, 0.29) is 0 Å². The van der Waals surface area contributed by atoms with Gasteiger partial charge in [0.15, 0.2) is 0 Å². The number of aromatic nitrogens is 3. The lowest BCUT2D eigenvalue weighted by Crippen LogP contribution is -1.89. The van der Waals surface area contributed by atoms with E-state index in [1.54, 1.807) is 6.20 Å². The van der Waals surface area contributed by atoms with Crippen molar-refractivity contribution >= 4 is 5.65 Å². The van der Waals surface area contributed by atoms with Crippen molar-refractivity contribution in [3.05, 3.63) is 78.9 Å². The van der Waals surface area contributed by atoms with Gasteiger partial charge in [-0.05, 0) is 42.3 Å². The minimum atomic E-state index is 0.974. The van der Waals surface area contributed by atoms with Crippen molar-refractivity contribution in [1.29, 1.82) is 0 Å². The molecule has 0 fully saturated rings. The summed E-state index contributed by atoms with van der Waals surface area (Å²) >= 11 is 0. The van der Waals surface area contributed by atoms with Gasteiger partial charge in [-0.2, -0.15) is 0 Å². The van der Waals surface area contributed by atoms with Crippen molar-refractivity contribution < 1.29 is 0 Å². The molecule has 0 saturated heterocycles. The number of benzene rings is 1. The van der Waals surface area contributed by atoms with Crippen LogP contribution in [0, 0.1) is 6.92 Å². The molecular weight excluding hydrogens is 270 g/mol. The molecule has 3 heterocycles. The quantitative estimate of drug-likeness (QED) is 0.547. The highest BCUT2D eigenvalue weighted by Crippen LogP contribution is 2.26. The molecule has 3 aromatic heterocycles. The van der Waals surface area contributed by atoms with Crippen LogP contribution < -0.4 is 0 Å². The molecule has 1 aromatic carbocycles. The van der Waals surface area contributed by atoms with Gasteiger partial charge in [0.1, 0.15) is 5.65 Å². The van der Waals surface area contributed by atoms with Crippen molar-refractivity contribution in [1.82, 2.24) is 14.4 Å². The topological polar surface area (TPSA) is 30.2 Å². The Bertz CT molecular complexity index is 939. The minimum absolute atomic E-state index is 0.974. The first-order chi connectivity index (χ1) is 10.8. The Morgan fingerprint density at radius 3 is 2.59 bits per heavy atom. The summed E-state index contributed by atoms with van der Waals surface area (Å²) in [6.45, 7) is 2.08. The van der Waals surface area contributed by atoms with Crippen LogP contribution in [0.2, 0.25) is 0 Å². The highest BCUT2D eigenvalue weighted by molar-refractivity contribution is 5.72. The zero-order valence-corrected chi connectivity index (χ0v) is 12.3. The minimum Gasteiger partial charge on any atom is -0.300 e. The highest BCUT2D eigenvalue weighted by Gasteiger charge is 2.07. The molecule has 0 aliphatic rings. The smallest absolute Gasteiger partial charge is 0.137 e. The number of fused-ring (bicyclic) bond motifs is 1. The van der Waals surface area contributed by atoms with Gasteiger partial charge in [-0.25, -0.2) is 4.98 Å². The average molecular weight is 285 g/mol. The Morgan fingerprint density at radius 2 is 1.73 bits per heavy atom. The van der Waals surface area contributed by atoms with Crippen molar-refractivity contribution in [2.75, 3.05) is 0 Å². The summed E-state index contributed by atoms with van der Waals surface area (Å²) in [4.78, 5) is 8.70. The molecule has 0 unspecified atom stereocenters. The van der Waals surface area contributed by atoms with Crippen LogP contribution in [0.25, 0.3) is 28.0 Å². The van der Waals surface area contributed by atoms with Gasteiger partial charge < -0.3 is 0 Å². The number of hydrogen-bond donors (Lipinski definition) is 0. The van der Waals surface area contributed by atoms with Crippen LogP contribution in [0.3, 0.4) is 0 Å². The third kappa shape index (κ3) is 2.17. The van der Waals surface area contributed by atoms with Crippen LogP contribution in [0.15, 0.2) is 73.3 Å². The maximum atomic E-state index is 4.51. The van der Waals surface area contributed by atoms with E-state index in [0.717, 1.165) is 28.0 Å². The molecule has 0 aliphatic carbocycles. The van der Waals surface area contributed by atoms with Gasteiger partial charge in [0.05, 0.1) is 11.9 Å². The van der Waals surface area contributed by atoms with Crippen LogP contribution >= 0.6 is 0 Å². The van der Waals surface area contributed by atoms with E-state index >= 15 is 0 Å². The summed E-state index contributed by atoms with van der Waals surface area (Å²) in [5, 5.41) is 0. The van der Waals surface area contributed by atoms with Crippen LogP contribution in [-0.2, 0) is 0 Å². The van der Waals surface area contributed by atoms with E-state index in [9.17, 15) is 0 Å². The summed E-state index contributed by atoms with van der Waals surface area (Å²) in [7, 11) is 0. The van der Waals surface area contributed by atoms with E-state index < -0.39 is 0 Å². The predicted octanol–water partition coefficient (Wildman–Crippen LogP) is 4.37. The number of rotatable bonds is 2. The Labute approximate surface area is 128 Å². The molecule has 22 heavy (non-hydrogen) atoms. The molecule has 0 radical (unpaired) electrons. The van der Waals surface area contributed by atoms with E-state index in [2.05, 4.69) is 70.0 Å². The lowest BCUT2D eigenvalue weighted by Gasteiger charge is -2.06. The molecule has 4 rings (SSSR count). The Hall–Kier alpha value is -2.94. The lowest BCUT2D eigenvalue weighted by molar-refractivity contribution is 1.17. The standard InChI is InChI=1S/C19H15N3/c1-14-7-9-22-18(13-21-19(22)10-14)16-5-2-4-15(11-16)17-6-3-8-20-12-17/h2-13H,1H3. The normalized spacial score (nSPS) is 11.0. The Morgan fingerprint density at radius 1 is 0.864 bits per heavy atom. The molecule has 4 aromatic rings. The summed E-state index contributed by atoms with van der Waals surface area (Å²) in [5.74, 6) is 0. The average Bonchev–Trinajstić information content (AvgIpc) is 2.99. The molecule has 0 N–H and O–H groups in total. The van der Waals surface area contributed by atoms with Crippen molar-refractivity contribution in [2.45, 2.75) is 6.92 Å². The second kappa shape index (κ2) is 5.11. The molecule has 106 valence electrons. The molecule has 0 atom stereocenters. The third-order valence-electron chi connectivity index (χ3n) is 3.82. The summed E-state index contributed by atoms with van der Waals surface area (Å²) in [6.07, 6.45) is 7.68. The number of hydrogen-bond acceptors (Lipinski definition) is 2. The molecule has 0 amide bonds. The largest absolute Gasteiger partial charge is 0.300 e. The zero-order chi connectivity index (χ0) is 14.9. The second-order valence-electron chi connectivity index (χ2n) is 5.40. The summed E-state index contributed by atoms with van der Waals surface area (Å²) < 4.78 is 2.12. The number of pyridine rings is 2. The van der Waals surface area contributed by atoms with Gasteiger partial charge in [0.25, 0.3) is 0 Å². The molecule has 0 spiro atoms. The highest BCUT2D eigenvalue weighted by atomic mass is 15.0. The Kier molecular flexibility index (Phi) is 2.97. The summed E-state index contributed by atoms with van der Waals surface area (Å²) in [6, 6.07) is 16.7. The maximum absolute atomic E-state index is 4.51. The SMILES string of the molecule is Cc1ccn2c(-c3cccc(-c4cccnc4)c3)cnc2c1. The monoisotopic (exact) mass is 285 g/mol. The first-order valence-electron chi connectivity index (χ1n) is 7.26. The molecular formula is C19H15N3. The zero-order valence-electron chi connectivity index (χ0n) is 12.3. The number of aryl methyl sites for hydroxylation is 1. The van der Waals surface area contributed by atoms with Crippen molar-refractivity contribution in [3.8, 4) is 22.4 Å². The van der Waals surface area contributed by atoms with Gasteiger partial charge in [-0.1, -0.05) is 24.3 Å². The van der Waals surface area contributed by atoms with E-state index in [1.165, 1.54) is 5.56 Å². The third-order valence-corrected chi connectivity index (χ3v) is 3.82. The lowest BCUT2D eigenvalue weighted by atomic mass is 10.0. The van der Waals surface area contributed by atoms with E-state index in [1.807, 2.05) is 18.5 Å². The number of nitrogens with zero attached hydrogens (tertiary/aromatic N) is 3. The van der Waals surface area contributed by atoms with Gasteiger partial charge in [-0.3, -0.25) is 9.38 Å². The maximum Gasteiger partial charge on any atom is 0.137 e. The second-order valence-corrected chi connectivity index (χ2v) is 5.40. The van der Waals surface area contributed by atoms with Crippen LogP contribution in [-0.4, -0.2) is 14.4 Å². The summed E-state index contributed by atoms with van der Waals surface area (Å²) in [5.41, 5.74) is 6.72. The molecule has 0 aliphatic heterocycles. The molecule has 0 saturated carbocycles. The molecule has 3 heteroatoms. The van der Waals surface area contributed by atoms with Gasteiger partial charge in [-0.15, -0.1) is 0 Å². The van der Waals surface area contributed by atoms with Gasteiger partial charge in [0.2, 0.25) is 0 Å². The molecule has 0 bridgehead atoms. The van der Waals surface area contributed by atoms with Gasteiger partial charge in [0, 0.05) is 29.7 Å². The van der Waals surface area contributed by atoms with Crippen LogP contribution in [0.4, 0.5) is 0 Å². The first kappa shape index (κ1) is 12.8. The van der Waals surface area contributed by atoms with Crippen LogP contribution in [0.1, 0.15) is 5.56 Å². The van der Waals surface area contributed by atoms with Crippen molar-refractivity contribution in [3.63, 3.8) is 0 Å². The van der Waals surface area contributed by atoms with E-state index in [0.29, 0.717) is 0 Å². The van der Waals surface area contributed by atoms with Crippen molar-refractivity contribution in [2.24, 2.45) is 0 Å². The number of imidazole rings is 1. The predicted molar refractivity (Wildman–Crippen MR) is 88.6 cm³/mol. The fourth-order valence-electron chi connectivity index (χ4n) is 2.69.